The molecular formula is C21H25N5O5. The van der Waals surface area contributed by atoms with Crippen molar-refractivity contribution in [1.29, 1.82) is 0 Å². The SMILES string of the molecule is C[C@@H]1C[C@@H](N(C)C(=O)O)CC(=O)N1c1ccc2c(C3CCC(=O)NC3=O)nn(C)c2c1. The number of hydrogen-bond donors (Lipinski definition) is 2. The molecule has 2 N–H and O–H groups in total. The number of imide groups is 1. The van der Waals surface area contributed by atoms with Crippen molar-refractivity contribution in [2.24, 2.45) is 7.05 Å². The van der Waals surface area contributed by atoms with Gasteiger partial charge in [-0.2, -0.15) is 5.10 Å². The molecule has 1 unspecified atom stereocenters. The van der Waals surface area contributed by atoms with Crippen LogP contribution in [-0.4, -0.2) is 62.7 Å². The van der Waals surface area contributed by atoms with E-state index in [2.05, 4.69) is 10.4 Å². The van der Waals surface area contributed by atoms with Crippen LogP contribution in [0.5, 0.6) is 0 Å². The van der Waals surface area contributed by atoms with Crippen LogP contribution >= 0.6 is 0 Å². The molecule has 164 valence electrons. The van der Waals surface area contributed by atoms with Gasteiger partial charge in [0.2, 0.25) is 17.7 Å². The second-order valence-corrected chi connectivity index (χ2v) is 8.31. The number of carbonyl (C=O) groups excluding carboxylic acids is 3. The number of aryl methyl sites for hydroxylation is 1. The molecule has 2 aliphatic rings. The van der Waals surface area contributed by atoms with Crippen LogP contribution in [-0.2, 0) is 21.4 Å². The van der Waals surface area contributed by atoms with Crippen LogP contribution < -0.4 is 10.2 Å². The van der Waals surface area contributed by atoms with Gasteiger partial charge in [0.25, 0.3) is 0 Å². The lowest BCUT2D eigenvalue weighted by molar-refractivity contribution is -0.134. The monoisotopic (exact) mass is 427 g/mol. The highest BCUT2D eigenvalue weighted by Gasteiger charge is 2.36. The van der Waals surface area contributed by atoms with Crippen molar-refractivity contribution in [1.82, 2.24) is 20.0 Å². The maximum absolute atomic E-state index is 12.9. The van der Waals surface area contributed by atoms with E-state index in [0.717, 1.165) is 10.9 Å². The van der Waals surface area contributed by atoms with Crippen LogP contribution in [0.3, 0.4) is 0 Å². The number of carboxylic acid groups (broad SMARTS) is 1. The zero-order valence-corrected chi connectivity index (χ0v) is 17.7. The van der Waals surface area contributed by atoms with Gasteiger partial charge in [0.15, 0.2) is 0 Å². The van der Waals surface area contributed by atoms with Crippen molar-refractivity contribution in [3.8, 4) is 0 Å². The lowest BCUT2D eigenvalue weighted by Crippen LogP contribution is -2.52. The molecule has 4 rings (SSSR count). The maximum atomic E-state index is 12.9. The number of rotatable bonds is 3. The minimum atomic E-state index is -1.05. The predicted molar refractivity (Wildman–Crippen MR) is 112 cm³/mol. The number of nitrogens with one attached hydrogen (secondary N) is 1. The van der Waals surface area contributed by atoms with Gasteiger partial charge in [0.1, 0.15) is 0 Å². The van der Waals surface area contributed by atoms with Gasteiger partial charge in [-0.15, -0.1) is 0 Å². The lowest BCUT2D eigenvalue weighted by atomic mass is 9.92. The van der Waals surface area contributed by atoms with Gasteiger partial charge in [0.05, 0.1) is 17.1 Å². The third-order valence-corrected chi connectivity index (χ3v) is 6.29. The van der Waals surface area contributed by atoms with E-state index in [-0.39, 0.29) is 42.6 Å². The van der Waals surface area contributed by atoms with E-state index >= 15 is 0 Å². The molecule has 0 radical (unpaired) electrons. The molecule has 2 fully saturated rings. The van der Waals surface area contributed by atoms with E-state index in [9.17, 15) is 24.3 Å². The minimum Gasteiger partial charge on any atom is -0.465 e. The number of piperidine rings is 2. The molecule has 2 aliphatic heterocycles. The minimum absolute atomic E-state index is 0.123. The first-order valence-corrected chi connectivity index (χ1v) is 10.3. The Balaban J connectivity index is 1.64. The maximum Gasteiger partial charge on any atom is 0.407 e. The van der Waals surface area contributed by atoms with E-state index in [1.165, 1.54) is 11.9 Å². The Morgan fingerprint density at radius 1 is 1.29 bits per heavy atom. The first-order chi connectivity index (χ1) is 14.7. The molecule has 0 bridgehead atoms. The summed E-state index contributed by atoms with van der Waals surface area (Å²) in [5.41, 5.74) is 2.11. The Hall–Kier alpha value is -3.43. The average molecular weight is 427 g/mol. The van der Waals surface area contributed by atoms with E-state index in [1.54, 1.807) is 16.6 Å². The van der Waals surface area contributed by atoms with E-state index in [4.69, 9.17) is 0 Å². The third-order valence-electron chi connectivity index (χ3n) is 6.29. The van der Waals surface area contributed by atoms with Gasteiger partial charge in [-0.3, -0.25) is 24.4 Å². The number of benzene rings is 1. The average Bonchev–Trinajstić information content (AvgIpc) is 3.02. The summed E-state index contributed by atoms with van der Waals surface area (Å²) in [7, 11) is 3.27. The number of anilines is 1. The fourth-order valence-corrected chi connectivity index (χ4v) is 4.61. The topological polar surface area (TPSA) is 125 Å². The normalized spacial score (nSPS) is 24.4. The third kappa shape index (κ3) is 3.62. The van der Waals surface area contributed by atoms with Gasteiger partial charge in [0, 0.05) is 50.1 Å². The summed E-state index contributed by atoms with van der Waals surface area (Å²) in [5, 5.41) is 16.9. The molecule has 3 atom stereocenters. The Bertz CT molecular complexity index is 1090. The number of hydrogen-bond acceptors (Lipinski definition) is 5. The molecule has 1 aromatic carbocycles. The summed E-state index contributed by atoms with van der Waals surface area (Å²) in [6.07, 6.45) is 0.310. The first kappa shape index (κ1) is 20.8. The molecule has 10 heteroatoms. The van der Waals surface area contributed by atoms with Gasteiger partial charge in [-0.05, 0) is 38.0 Å². The van der Waals surface area contributed by atoms with Crippen molar-refractivity contribution < 1.29 is 24.3 Å². The van der Waals surface area contributed by atoms with Gasteiger partial charge in [-0.25, -0.2) is 4.79 Å². The van der Waals surface area contributed by atoms with Crippen molar-refractivity contribution in [3.05, 3.63) is 23.9 Å². The molecular weight excluding hydrogens is 402 g/mol. The Kier molecular flexibility index (Phi) is 5.16. The van der Waals surface area contributed by atoms with E-state index < -0.39 is 12.0 Å². The van der Waals surface area contributed by atoms with Gasteiger partial charge >= 0.3 is 6.09 Å². The van der Waals surface area contributed by atoms with Crippen molar-refractivity contribution in [2.45, 2.75) is 50.6 Å². The summed E-state index contributed by atoms with van der Waals surface area (Å²) < 4.78 is 1.68. The van der Waals surface area contributed by atoms with Crippen molar-refractivity contribution >= 4 is 40.4 Å². The lowest BCUT2D eigenvalue weighted by Gasteiger charge is -2.40. The second-order valence-electron chi connectivity index (χ2n) is 8.31. The molecule has 0 saturated carbocycles. The predicted octanol–water partition coefficient (Wildman–Crippen LogP) is 1.59. The molecule has 4 amide bonds. The fourth-order valence-electron chi connectivity index (χ4n) is 4.61. The molecule has 3 heterocycles. The zero-order valence-electron chi connectivity index (χ0n) is 17.7. The van der Waals surface area contributed by atoms with Crippen LogP contribution in [0.15, 0.2) is 18.2 Å². The Morgan fingerprint density at radius 3 is 2.68 bits per heavy atom. The molecule has 0 aliphatic carbocycles. The zero-order chi connectivity index (χ0) is 22.4. The number of carbonyl (C=O) groups is 4. The standard InChI is InChI=1S/C21H25N5O5/c1-11-8-13(24(2)21(30)31)10-18(28)26(11)12-4-5-14-16(9-12)25(3)23-19(14)15-6-7-17(27)22-20(15)29/h4-5,9,11,13,15H,6-8,10H2,1-3H3,(H,30,31)(H,22,27,29)/t11-,13-,15?/m1/s1. The van der Waals surface area contributed by atoms with Crippen LogP contribution in [0, 0.1) is 0 Å². The van der Waals surface area contributed by atoms with Crippen LogP contribution in [0.2, 0.25) is 0 Å². The Labute approximate surface area is 178 Å². The molecule has 2 saturated heterocycles. The number of amides is 4. The highest BCUT2D eigenvalue weighted by Crippen LogP contribution is 2.34. The number of fused-ring (bicyclic) bond motifs is 1. The van der Waals surface area contributed by atoms with Crippen LogP contribution in [0.25, 0.3) is 10.9 Å². The fraction of sp³-hybridized carbons (Fsp3) is 0.476. The Morgan fingerprint density at radius 2 is 2.03 bits per heavy atom. The molecule has 10 nitrogen and oxygen atoms in total. The smallest absolute Gasteiger partial charge is 0.407 e. The van der Waals surface area contributed by atoms with Gasteiger partial charge in [-0.1, -0.05) is 0 Å². The van der Waals surface area contributed by atoms with Crippen LogP contribution in [0.1, 0.15) is 44.2 Å². The summed E-state index contributed by atoms with van der Waals surface area (Å²) in [4.78, 5) is 50.8. The quantitative estimate of drug-likeness (QED) is 0.717. The summed E-state index contributed by atoms with van der Waals surface area (Å²) in [6, 6.07) is 5.03. The summed E-state index contributed by atoms with van der Waals surface area (Å²) >= 11 is 0. The van der Waals surface area contributed by atoms with Crippen molar-refractivity contribution in [2.75, 3.05) is 11.9 Å². The molecule has 0 spiro atoms. The molecule has 2 aromatic rings. The van der Waals surface area contributed by atoms with Crippen LogP contribution in [0.4, 0.5) is 10.5 Å². The van der Waals surface area contributed by atoms with E-state index in [0.29, 0.717) is 24.2 Å². The number of aromatic nitrogens is 2. The van der Waals surface area contributed by atoms with Gasteiger partial charge < -0.3 is 14.9 Å². The van der Waals surface area contributed by atoms with Crippen molar-refractivity contribution in [3.63, 3.8) is 0 Å². The number of nitrogens with zero attached hydrogens (tertiary/aromatic N) is 4. The largest absolute Gasteiger partial charge is 0.465 e. The van der Waals surface area contributed by atoms with E-state index in [1.807, 2.05) is 25.1 Å². The summed E-state index contributed by atoms with van der Waals surface area (Å²) in [5.74, 6) is -1.24. The first-order valence-electron chi connectivity index (χ1n) is 10.3. The second kappa shape index (κ2) is 7.68. The highest BCUT2D eigenvalue weighted by atomic mass is 16.4. The highest BCUT2D eigenvalue weighted by molar-refractivity contribution is 6.03. The summed E-state index contributed by atoms with van der Waals surface area (Å²) in [6.45, 7) is 1.90. The molecule has 31 heavy (non-hydrogen) atoms. The molecule has 1 aromatic heterocycles.